The Labute approximate surface area is 166 Å². The molecule has 3 rings (SSSR count). The van der Waals surface area contributed by atoms with Crippen molar-refractivity contribution in [3.63, 3.8) is 0 Å². The largest absolute Gasteiger partial charge is 0.459 e. The van der Waals surface area contributed by atoms with E-state index in [0.717, 1.165) is 6.42 Å². The molecule has 7 nitrogen and oxygen atoms in total. The van der Waals surface area contributed by atoms with Gasteiger partial charge in [-0.05, 0) is 41.8 Å². The second-order valence-corrected chi connectivity index (χ2v) is 6.58. The highest BCUT2D eigenvalue weighted by atomic mass is 19.3. The molecule has 1 aromatic heterocycles. The monoisotopic (exact) mass is 399 g/mol. The predicted octanol–water partition coefficient (Wildman–Crippen LogP) is 3.18. The lowest BCUT2D eigenvalue weighted by Crippen LogP contribution is -2.40. The topological polar surface area (TPSA) is 113 Å². The number of amidine groups is 1. The van der Waals surface area contributed by atoms with Crippen LogP contribution in [0.3, 0.4) is 0 Å². The molecule has 1 amide bonds. The molecule has 0 bridgehead atoms. The van der Waals surface area contributed by atoms with Crippen molar-refractivity contribution < 1.29 is 18.3 Å². The smallest absolute Gasteiger partial charge is 0.307 e. The Morgan fingerprint density at radius 3 is 2.86 bits per heavy atom. The number of halogens is 2. The fourth-order valence-electron chi connectivity index (χ4n) is 3.02. The van der Waals surface area contributed by atoms with Gasteiger partial charge < -0.3 is 15.8 Å². The molecule has 0 saturated carbocycles. The molecule has 1 aliphatic rings. The van der Waals surface area contributed by atoms with Gasteiger partial charge in [-0.2, -0.15) is 5.26 Å². The zero-order chi connectivity index (χ0) is 21.0. The zero-order valence-electron chi connectivity index (χ0n) is 15.7. The molecule has 1 aromatic carbocycles. The van der Waals surface area contributed by atoms with Gasteiger partial charge in [0.2, 0.25) is 0 Å². The second-order valence-electron chi connectivity index (χ2n) is 6.58. The molecular weight excluding hydrogens is 380 g/mol. The summed E-state index contributed by atoms with van der Waals surface area (Å²) in [5, 5.41) is 11.4. The minimum atomic E-state index is -3.23. The predicted molar refractivity (Wildman–Crippen MR) is 103 cm³/mol. The molecule has 2 aromatic rings. The van der Waals surface area contributed by atoms with Crippen molar-refractivity contribution in [1.29, 1.82) is 5.26 Å². The van der Waals surface area contributed by atoms with E-state index in [1.54, 1.807) is 12.1 Å². The van der Waals surface area contributed by atoms with Crippen molar-refractivity contribution >= 4 is 17.6 Å². The quantitative estimate of drug-likeness (QED) is 0.802. The fourth-order valence-corrected chi connectivity index (χ4v) is 3.02. The minimum Gasteiger partial charge on any atom is -0.459 e. The van der Waals surface area contributed by atoms with Gasteiger partial charge in [-0.25, -0.2) is 18.8 Å². The number of benzene rings is 1. The number of nitrogens with two attached hydrogens (primary N) is 1. The van der Waals surface area contributed by atoms with Crippen LogP contribution in [0, 0.1) is 11.3 Å². The van der Waals surface area contributed by atoms with Crippen LogP contribution in [0.25, 0.3) is 0 Å². The molecule has 0 saturated heterocycles. The first-order valence-corrected chi connectivity index (χ1v) is 8.98. The molecule has 1 unspecified atom stereocenters. The highest BCUT2D eigenvalue weighted by molar-refractivity contribution is 6.02. The van der Waals surface area contributed by atoms with Gasteiger partial charge in [-0.15, -0.1) is 0 Å². The lowest BCUT2D eigenvalue weighted by molar-refractivity contribution is -0.0783. The number of aliphatic imine (C=N–C) groups is 1. The molecule has 29 heavy (non-hydrogen) atoms. The van der Waals surface area contributed by atoms with Crippen molar-refractivity contribution in [2.24, 2.45) is 10.7 Å². The second kappa shape index (κ2) is 8.22. The maximum atomic E-state index is 14.5. The number of carbonyl (C=O) groups excluding carboxylic acids is 1. The molecule has 0 aliphatic carbocycles. The molecule has 1 atom stereocenters. The molecule has 0 radical (unpaired) electrons. The molecule has 0 spiro atoms. The minimum absolute atomic E-state index is 0.0989. The van der Waals surface area contributed by atoms with Crippen LogP contribution in [0.5, 0.6) is 0 Å². The van der Waals surface area contributed by atoms with E-state index in [-0.39, 0.29) is 17.3 Å². The SMILES string of the molecule is CCCc1ccc(NC(=O)c2ccc(C#N)cn2)cc1C1N=C(N)OCC1(F)F. The number of ether oxygens (including phenoxy) is 1. The van der Waals surface area contributed by atoms with Crippen LogP contribution in [0.2, 0.25) is 0 Å². The van der Waals surface area contributed by atoms with Crippen molar-refractivity contribution in [3.8, 4) is 6.07 Å². The van der Waals surface area contributed by atoms with E-state index in [0.29, 0.717) is 23.2 Å². The zero-order valence-corrected chi connectivity index (χ0v) is 15.7. The number of carbonyl (C=O) groups is 1. The van der Waals surface area contributed by atoms with E-state index in [2.05, 4.69) is 15.3 Å². The van der Waals surface area contributed by atoms with E-state index < -0.39 is 24.5 Å². The van der Waals surface area contributed by atoms with Gasteiger partial charge in [0.25, 0.3) is 11.9 Å². The Kier molecular flexibility index (Phi) is 5.73. The average molecular weight is 399 g/mol. The highest BCUT2D eigenvalue weighted by Gasteiger charge is 2.45. The first-order valence-electron chi connectivity index (χ1n) is 8.98. The number of nitriles is 1. The van der Waals surface area contributed by atoms with E-state index in [9.17, 15) is 13.6 Å². The molecule has 2 heterocycles. The van der Waals surface area contributed by atoms with Crippen molar-refractivity contribution in [1.82, 2.24) is 4.98 Å². The lowest BCUT2D eigenvalue weighted by atomic mass is 9.93. The van der Waals surface area contributed by atoms with Crippen LogP contribution in [0.15, 0.2) is 41.5 Å². The molecule has 0 fully saturated rings. The lowest BCUT2D eigenvalue weighted by Gasteiger charge is -2.30. The number of pyridine rings is 1. The van der Waals surface area contributed by atoms with Gasteiger partial charge >= 0.3 is 5.92 Å². The van der Waals surface area contributed by atoms with Gasteiger partial charge in [0.1, 0.15) is 17.8 Å². The van der Waals surface area contributed by atoms with Gasteiger partial charge in [-0.1, -0.05) is 19.4 Å². The first kappa shape index (κ1) is 20.2. The maximum Gasteiger partial charge on any atom is 0.307 e. The fraction of sp³-hybridized carbons (Fsp3) is 0.300. The number of nitrogens with zero attached hydrogens (tertiary/aromatic N) is 3. The van der Waals surface area contributed by atoms with Gasteiger partial charge in [-0.3, -0.25) is 4.79 Å². The molecule has 3 N–H and O–H groups in total. The van der Waals surface area contributed by atoms with Crippen molar-refractivity contribution in [3.05, 3.63) is 58.9 Å². The summed E-state index contributed by atoms with van der Waals surface area (Å²) in [5.41, 5.74) is 7.25. The number of aryl methyl sites for hydroxylation is 1. The summed E-state index contributed by atoms with van der Waals surface area (Å²) in [6.07, 6.45) is 2.61. The normalized spacial score (nSPS) is 17.6. The summed E-state index contributed by atoms with van der Waals surface area (Å²) in [5.74, 6) is -3.76. The van der Waals surface area contributed by atoms with Crippen LogP contribution in [-0.2, 0) is 11.2 Å². The summed E-state index contributed by atoms with van der Waals surface area (Å²) in [4.78, 5) is 20.2. The molecule has 9 heteroatoms. The summed E-state index contributed by atoms with van der Waals surface area (Å²) in [6.45, 7) is 1.08. The Balaban J connectivity index is 1.93. The summed E-state index contributed by atoms with van der Waals surface area (Å²) >= 11 is 0. The average Bonchev–Trinajstić information content (AvgIpc) is 2.71. The number of hydrogen-bond acceptors (Lipinski definition) is 6. The Bertz CT molecular complexity index is 983. The third kappa shape index (κ3) is 4.48. The van der Waals surface area contributed by atoms with Gasteiger partial charge in [0, 0.05) is 11.9 Å². The standard InChI is InChI=1S/C20H19F2N5O2/c1-2-3-13-5-6-14(26-18(28)16-7-4-12(9-23)10-25-16)8-15(13)17-20(21,22)11-29-19(24)27-17/h4-8,10,17H,2-3,11H2,1H3,(H2,24,27)(H,26,28). The summed E-state index contributed by atoms with van der Waals surface area (Å²) in [6, 6.07) is 7.82. The van der Waals surface area contributed by atoms with E-state index in [4.69, 9.17) is 15.7 Å². The van der Waals surface area contributed by atoms with E-state index >= 15 is 0 Å². The first-order chi connectivity index (χ1) is 13.8. The van der Waals surface area contributed by atoms with E-state index in [1.807, 2.05) is 13.0 Å². The van der Waals surface area contributed by atoms with Crippen LogP contribution in [-0.4, -0.2) is 29.4 Å². The molecular formula is C20H19F2N5O2. The Morgan fingerprint density at radius 2 is 2.21 bits per heavy atom. The van der Waals surface area contributed by atoms with Gasteiger partial charge in [0.05, 0.1) is 5.56 Å². The number of alkyl halides is 2. The van der Waals surface area contributed by atoms with Crippen LogP contribution < -0.4 is 11.1 Å². The van der Waals surface area contributed by atoms with Crippen molar-refractivity contribution in [2.45, 2.75) is 31.7 Å². The van der Waals surface area contributed by atoms with Crippen LogP contribution in [0.1, 0.15) is 46.6 Å². The number of rotatable bonds is 5. The third-order valence-corrected chi connectivity index (χ3v) is 4.41. The number of hydrogen-bond donors (Lipinski definition) is 2. The van der Waals surface area contributed by atoms with Crippen molar-refractivity contribution in [2.75, 3.05) is 11.9 Å². The van der Waals surface area contributed by atoms with E-state index in [1.165, 1.54) is 24.4 Å². The number of nitrogens with one attached hydrogen (secondary N) is 1. The summed E-state index contributed by atoms with van der Waals surface area (Å²) < 4.78 is 33.6. The number of aromatic nitrogens is 1. The van der Waals surface area contributed by atoms with Crippen LogP contribution in [0.4, 0.5) is 14.5 Å². The van der Waals surface area contributed by atoms with Crippen LogP contribution >= 0.6 is 0 Å². The number of anilines is 1. The third-order valence-electron chi connectivity index (χ3n) is 4.41. The molecule has 150 valence electrons. The Morgan fingerprint density at radius 1 is 1.41 bits per heavy atom. The molecule has 1 aliphatic heterocycles. The Hall–Kier alpha value is -3.54. The summed E-state index contributed by atoms with van der Waals surface area (Å²) in [7, 11) is 0. The van der Waals surface area contributed by atoms with Gasteiger partial charge in [0.15, 0.2) is 6.61 Å². The maximum absolute atomic E-state index is 14.5. The number of amides is 1. The highest BCUT2D eigenvalue weighted by Crippen LogP contribution is 2.40.